The number of aromatic nitrogens is 1. The number of rotatable bonds is 11. The molecule has 10 heteroatoms. The molecular weight excluding hydrogens is 433 g/mol. The van der Waals surface area contributed by atoms with Crippen molar-refractivity contribution in [2.45, 2.75) is 52.6 Å². The summed E-state index contributed by atoms with van der Waals surface area (Å²) in [5.41, 5.74) is 11.6. The van der Waals surface area contributed by atoms with Crippen molar-refractivity contribution in [1.82, 2.24) is 14.6 Å². The van der Waals surface area contributed by atoms with Gasteiger partial charge in [-0.15, -0.1) is 0 Å². The van der Waals surface area contributed by atoms with Gasteiger partial charge in [0.2, 0.25) is 5.91 Å². The molecule has 1 aromatic carbocycles. The molecule has 1 atom stereocenters. The van der Waals surface area contributed by atoms with Crippen molar-refractivity contribution in [3.05, 3.63) is 46.2 Å². The highest BCUT2D eigenvalue weighted by Crippen LogP contribution is 2.26. The number of primary amides is 1. The molecular formula is C22H30FN5O3S. The molecule has 2 aromatic rings. The first-order chi connectivity index (χ1) is 15.1. The zero-order valence-electron chi connectivity index (χ0n) is 18.6. The number of nitrogens with zero attached hydrogens (tertiary/aromatic N) is 2. The fraction of sp³-hybridized carbons (Fsp3) is 0.455. The summed E-state index contributed by atoms with van der Waals surface area (Å²) in [6.45, 7) is 6.58. The van der Waals surface area contributed by atoms with E-state index in [-0.39, 0.29) is 28.7 Å². The third-order valence-corrected chi connectivity index (χ3v) is 5.80. The van der Waals surface area contributed by atoms with E-state index in [1.807, 2.05) is 6.92 Å². The van der Waals surface area contributed by atoms with Crippen LogP contribution >= 0.6 is 11.5 Å². The Balaban J connectivity index is 2.40. The predicted molar refractivity (Wildman–Crippen MR) is 122 cm³/mol. The lowest BCUT2D eigenvalue weighted by molar-refractivity contribution is -0.126. The van der Waals surface area contributed by atoms with Crippen LogP contribution in [0.3, 0.4) is 0 Å². The smallest absolute Gasteiger partial charge is 0.270 e. The van der Waals surface area contributed by atoms with Crippen molar-refractivity contribution >= 4 is 34.9 Å². The molecule has 1 heterocycles. The Morgan fingerprint density at radius 2 is 1.84 bits per heavy atom. The van der Waals surface area contributed by atoms with Crippen molar-refractivity contribution in [2.75, 3.05) is 12.3 Å². The van der Waals surface area contributed by atoms with Crippen LogP contribution in [0.2, 0.25) is 0 Å². The van der Waals surface area contributed by atoms with E-state index in [1.54, 1.807) is 12.1 Å². The van der Waals surface area contributed by atoms with E-state index in [2.05, 4.69) is 23.5 Å². The number of hydrogen-bond acceptors (Lipinski definition) is 6. The van der Waals surface area contributed by atoms with Crippen LogP contribution in [-0.2, 0) is 11.3 Å². The van der Waals surface area contributed by atoms with E-state index < -0.39 is 23.7 Å². The molecule has 1 aromatic heterocycles. The van der Waals surface area contributed by atoms with Gasteiger partial charge in [-0.25, -0.2) is 4.39 Å². The fourth-order valence-corrected chi connectivity index (χ4v) is 3.93. The number of nitrogen functional groups attached to an aromatic ring is 1. The topological polar surface area (TPSA) is 131 Å². The van der Waals surface area contributed by atoms with Gasteiger partial charge >= 0.3 is 0 Å². The summed E-state index contributed by atoms with van der Waals surface area (Å²) in [4.78, 5) is 39.5. The van der Waals surface area contributed by atoms with Gasteiger partial charge in [0.15, 0.2) is 5.69 Å². The first-order valence-corrected chi connectivity index (χ1v) is 11.3. The van der Waals surface area contributed by atoms with Crippen molar-refractivity contribution in [2.24, 2.45) is 11.7 Å². The van der Waals surface area contributed by atoms with Gasteiger partial charge in [-0.05, 0) is 48.0 Å². The van der Waals surface area contributed by atoms with E-state index in [0.29, 0.717) is 30.9 Å². The van der Waals surface area contributed by atoms with Crippen LogP contribution in [0.1, 0.15) is 65.8 Å². The van der Waals surface area contributed by atoms with Crippen LogP contribution in [0.25, 0.3) is 0 Å². The summed E-state index contributed by atoms with van der Waals surface area (Å²) >= 11 is 0.764. The first kappa shape index (κ1) is 25.3. The average Bonchev–Trinajstić information content (AvgIpc) is 3.12. The highest BCUT2D eigenvalue weighted by atomic mass is 32.1. The van der Waals surface area contributed by atoms with E-state index in [9.17, 15) is 18.8 Å². The van der Waals surface area contributed by atoms with Gasteiger partial charge in [0.25, 0.3) is 11.8 Å². The number of nitrogens with one attached hydrogen (secondary N) is 1. The minimum Gasteiger partial charge on any atom is -0.395 e. The van der Waals surface area contributed by atoms with E-state index >= 15 is 0 Å². The van der Waals surface area contributed by atoms with Crippen LogP contribution in [0.4, 0.5) is 10.1 Å². The number of amides is 3. The molecule has 174 valence electrons. The third-order valence-electron chi connectivity index (χ3n) is 4.94. The van der Waals surface area contributed by atoms with Gasteiger partial charge in [-0.3, -0.25) is 14.4 Å². The molecule has 0 radical (unpaired) electrons. The molecule has 8 nitrogen and oxygen atoms in total. The van der Waals surface area contributed by atoms with Crippen LogP contribution in [0.5, 0.6) is 0 Å². The zero-order chi connectivity index (χ0) is 23.8. The Bertz CT molecular complexity index is 946. The second kappa shape index (κ2) is 11.6. The summed E-state index contributed by atoms with van der Waals surface area (Å²) in [5, 5.41) is 2.91. The molecule has 32 heavy (non-hydrogen) atoms. The normalized spacial score (nSPS) is 11.9. The highest BCUT2D eigenvalue weighted by molar-refractivity contribution is 7.09. The van der Waals surface area contributed by atoms with Crippen molar-refractivity contribution in [3.8, 4) is 0 Å². The number of carbonyl (C=O) groups is 3. The summed E-state index contributed by atoms with van der Waals surface area (Å²) in [6.07, 6.45) is 1.88. The van der Waals surface area contributed by atoms with E-state index in [4.69, 9.17) is 11.5 Å². The molecule has 0 saturated carbocycles. The maximum atomic E-state index is 13.5. The lowest BCUT2D eigenvalue weighted by Gasteiger charge is -2.31. The molecule has 0 spiro atoms. The highest BCUT2D eigenvalue weighted by Gasteiger charge is 2.33. The number of benzene rings is 1. The standard InChI is InChI=1S/C22H30FN5O3S/c1-4-5-16(21(30)26-11-10-13(2)3)28(12-14-6-8-15(23)9-7-14)22(31)19-17(24)18(20(25)29)27-32-19/h6-9,13,16H,4-5,10-12,24H2,1-3H3,(H2,25,29)(H,26,30)/t16-/m1/s1. The van der Waals surface area contributed by atoms with Gasteiger partial charge in [-0.2, -0.15) is 4.37 Å². The van der Waals surface area contributed by atoms with Gasteiger partial charge in [-0.1, -0.05) is 39.3 Å². The number of hydrogen-bond donors (Lipinski definition) is 3. The lowest BCUT2D eigenvalue weighted by Crippen LogP contribution is -2.49. The zero-order valence-corrected chi connectivity index (χ0v) is 19.4. The minimum atomic E-state index is -0.834. The summed E-state index contributed by atoms with van der Waals surface area (Å²) in [7, 11) is 0. The molecule has 0 aliphatic heterocycles. The third kappa shape index (κ3) is 6.49. The van der Waals surface area contributed by atoms with Crippen molar-refractivity contribution in [3.63, 3.8) is 0 Å². The van der Waals surface area contributed by atoms with Crippen LogP contribution in [0.15, 0.2) is 24.3 Å². The molecule has 0 fully saturated rings. The number of carbonyl (C=O) groups excluding carboxylic acids is 3. The largest absolute Gasteiger partial charge is 0.395 e. The first-order valence-electron chi connectivity index (χ1n) is 10.5. The average molecular weight is 464 g/mol. The Labute approximate surface area is 191 Å². The Morgan fingerprint density at radius 3 is 2.38 bits per heavy atom. The van der Waals surface area contributed by atoms with E-state index in [0.717, 1.165) is 18.0 Å². The number of nitrogens with two attached hydrogens (primary N) is 2. The summed E-state index contributed by atoms with van der Waals surface area (Å²) in [5.74, 6) is -1.63. The molecule has 0 aliphatic rings. The van der Waals surface area contributed by atoms with Gasteiger partial charge in [0.05, 0.1) is 5.69 Å². The monoisotopic (exact) mass is 463 g/mol. The maximum Gasteiger partial charge on any atom is 0.270 e. The second-order valence-electron chi connectivity index (χ2n) is 7.98. The van der Waals surface area contributed by atoms with Gasteiger partial charge in [0.1, 0.15) is 16.7 Å². The van der Waals surface area contributed by atoms with Gasteiger partial charge in [0, 0.05) is 13.1 Å². The maximum absolute atomic E-state index is 13.5. The second-order valence-corrected chi connectivity index (χ2v) is 8.75. The number of halogens is 1. The minimum absolute atomic E-state index is 0.0389. The van der Waals surface area contributed by atoms with Crippen LogP contribution in [0, 0.1) is 11.7 Å². The number of anilines is 1. The van der Waals surface area contributed by atoms with Crippen LogP contribution in [-0.4, -0.2) is 39.6 Å². The quantitative estimate of drug-likeness (QED) is 0.471. The lowest BCUT2D eigenvalue weighted by atomic mass is 10.1. The Morgan fingerprint density at radius 1 is 1.19 bits per heavy atom. The van der Waals surface area contributed by atoms with Crippen molar-refractivity contribution in [1.29, 1.82) is 0 Å². The summed E-state index contributed by atoms with van der Waals surface area (Å²) in [6, 6.07) is 4.92. The molecule has 3 amide bonds. The SMILES string of the molecule is CCC[C@H](C(=O)NCCC(C)C)N(Cc1ccc(F)cc1)C(=O)c1snc(C(N)=O)c1N. The fourth-order valence-electron chi connectivity index (χ4n) is 3.17. The van der Waals surface area contributed by atoms with Crippen molar-refractivity contribution < 1.29 is 18.8 Å². The van der Waals surface area contributed by atoms with Crippen LogP contribution < -0.4 is 16.8 Å². The molecule has 5 N–H and O–H groups in total. The molecule has 0 saturated heterocycles. The predicted octanol–water partition coefficient (Wildman–Crippen LogP) is 2.94. The van der Waals surface area contributed by atoms with Gasteiger partial charge < -0.3 is 21.7 Å². The Hall–Kier alpha value is -3.01. The molecule has 0 aliphatic carbocycles. The Kier molecular flexibility index (Phi) is 9.13. The molecule has 0 unspecified atom stereocenters. The van der Waals surface area contributed by atoms with E-state index in [1.165, 1.54) is 17.0 Å². The molecule has 2 rings (SSSR count). The molecule has 0 bridgehead atoms. The summed E-state index contributed by atoms with van der Waals surface area (Å²) < 4.78 is 17.3.